The third-order valence-corrected chi connectivity index (χ3v) is 3.52. The molecular formula is C17H22N2O2. The van der Waals surface area contributed by atoms with Crippen molar-refractivity contribution in [2.24, 2.45) is 5.92 Å². The van der Waals surface area contributed by atoms with Crippen LogP contribution < -0.4 is 16.0 Å². The number of pyridine rings is 1. The largest absolute Gasteiger partial charge is 0.496 e. The maximum absolute atomic E-state index is 12.4. The molecule has 0 spiro atoms. The summed E-state index contributed by atoms with van der Waals surface area (Å²) in [5.74, 6) is 1.27. The number of aromatic nitrogens is 1. The molecule has 4 nitrogen and oxygen atoms in total. The van der Waals surface area contributed by atoms with Gasteiger partial charge in [0.1, 0.15) is 5.75 Å². The van der Waals surface area contributed by atoms with Gasteiger partial charge in [0.05, 0.1) is 18.5 Å². The molecule has 1 aromatic heterocycles. The first-order chi connectivity index (χ1) is 10.0. The van der Waals surface area contributed by atoms with Gasteiger partial charge < -0.3 is 15.0 Å². The van der Waals surface area contributed by atoms with E-state index < -0.39 is 0 Å². The predicted octanol–water partition coefficient (Wildman–Crippen LogP) is 3.15. The average Bonchev–Trinajstić information content (AvgIpc) is 2.48. The highest BCUT2D eigenvalue weighted by Crippen LogP contribution is 2.29. The fraction of sp³-hybridized carbons (Fsp3) is 0.353. The van der Waals surface area contributed by atoms with Crippen molar-refractivity contribution in [3.05, 3.63) is 46.8 Å². The normalized spacial score (nSPS) is 10.9. The van der Waals surface area contributed by atoms with Crippen molar-refractivity contribution in [2.45, 2.75) is 26.8 Å². The smallest absolute Gasteiger partial charge is 0.274 e. The maximum Gasteiger partial charge on any atom is 0.274 e. The maximum atomic E-state index is 12.4. The molecule has 0 aliphatic carbocycles. The lowest BCUT2D eigenvalue weighted by molar-refractivity contribution is 0.415. The second-order valence-corrected chi connectivity index (χ2v) is 5.51. The van der Waals surface area contributed by atoms with E-state index in [4.69, 9.17) is 10.5 Å². The molecule has 0 bridgehead atoms. The van der Waals surface area contributed by atoms with Gasteiger partial charge in [-0.05, 0) is 36.6 Å². The summed E-state index contributed by atoms with van der Waals surface area (Å²) in [5, 5.41) is 0. The molecule has 0 aliphatic heterocycles. The Morgan fingerprint density at radius 1 is 1.19 bits per heavy atom. The van der Waals surface area contributed by atoms with Gasteiger partial charge in [0, 0.05) is 12.1 Å². The molecule has 0 saturated heterocycles. The summed E-state index contributed by atoms with van der Waals surface area (Å²) in [6.07, 6.45) is 0.922. The SMILES string of the molecule is COc1ccccc1-c1ccc(N)c(=O)n1CCC(C)C. The number of nitrogens with zero attached hydrogens (tertiary/aromatic N) is 1. The molecule has 2 N–H and O–H groups in total. The first-order valence-electron chi connectivity index (χ1n) is 7.17. The number of rotatable bonds is 5. The Balaban J connectivity index is 2.57. The summed E-state index contributed by atoms with van der Waals surface area (Å²) in [4.78, 5) is 12.4. The van der Waals surface area contributed by atoms with Crippen molar-refractivity contribution in [1.29, 1.82) is 0 Å². The van der Waals surface area contributed by atoms with Gasteiger partial charge in [0.2, 0.25) is 0 Å². The zero-order valence-corrected chi connectivity index (χ0v) is 12.8. The quantitative estimate of drug-likeness (QED) is 0.918. The molecule has 0 amide bonds. The van der Waals surface area contributed by atoms with Crippen LogP contribution in [-0.4, -0.2) is 11.7 Å². The fourth-order valence-electron chi connectivity index (χ4n) is 2.30. The van der Waals surface area contributed by atoms with Gasteiger partial charge in [0.15, 0.2) is 0 Å². The number of hydrogen-bond acceptors (Lipinski definition) is 3. The molecule has 112 valence electrons. The highest BCUT2D eigenvalue weighted by Gasteiger charge is 2.12. The number of nitrogens with two attached hydrogens (primary N) is 1. The summed E-state index contributed by atoms with van der Waals surface area (Å²) in [6.45, 7) is 4.93. The first-order valence-corrected chi connectivity index (χ1v) is 7.17. The van der Waals surface area contributed by atoms with E-state index in [0.717, 1.165) is 23.4 Å². The van der Waals surface area contributed by atoms with Crippen LogP contribution in [0, 0.1) is 5.92 Å². The van der Waals surface area contributed by atoms with Gasteiger partial charge in [0.25, 0.3) is 5.56 Å². The van der Waals surface area contributed by atoms with Gasteiger partial charge in [-0.1, -0.05) is 26.0 Å². The van der Waals surface area contributed by atoms with Crippen LogP contribution in [0.5, 0.6) is 5.75 Å². The Morgan fingerprint density at radius 2 is 1.90 bits per heavy atom. The Bertz CT molecular complexity index is 675. The average molecular weight is 286 g/mol. The standard InChI is InChI=1S/C17H22N2O2/c1-12(2)10-11-19-15(9-8-14(18)17(19)20)13-6-4-5-7-16(13)21-3/h4-9,12H,10-11,18H2,1-3H3. The molecule has 2 rings (SSSR count). The number of ether oxygens (including phenoxy) is 1. The highest BCUT2D eigenvalue weighted by molar-refractivity contribution is 5.68. The van der Waals surface area contributed by atoms with Crippen LogP contribution in [0.25, 0.3) is 11.3 Å². The van der Waals surface area contributed by atoms with Crippen molar-refractivity contribution < 1.29 is 4.74 Å². The van der Waals surface area contributed by atoms with Crippen molar-refractivity contribution in [3.8, 4) is 17.0 Å². The van der Waals surface area contributed by atoms with E-state index >= 15 is 0 Å². The monoisotopic (exact) mass is 286 g/mol. The number of para-hydroxylation sites is 1. The van der Waals surface area contributed by atoms with E-state index in [0.29, 0.717) is 12.5 Å². The Labute approximate surface area is 125 Å². The van der Waals surface area contributed by atoms with Crippen LogP contribution in [0.2, 0.25) is 0 Å². The minimum absolute atomic E-state index is 0.140. The molecule has 0 radical (unpaired) electrons. The number of methoxy groups -OCH3 is 1. The third kappa shape index (κ3) is 3.27. The van der Waals surface area contributed by atoms with E-state index in [9.17, 15) is 4.79 Å². The number of nitrogen functional groups attached to an aromatic ring is 1. The molecule has 1 heterocycles. The van der Waals surface area contributed by atoms with Gasteiger partial charge in [-0.2, -0.15) is 0 Å². The minimum Gasteiger partial charge on any atom is -0.496 e. The molecule has 0 aliphatic rings. The molecular weight excluding hydrogens is 264 g/mol. The van der Waals surface area contributed by atoms with Crippen molar-refractivity contribution in [3.63, 3.8) is 0 Å². The van der Waals surface area contributed by atoms with Crippen LogP contribution in [0.15, 0.2) is 41.2 Å². The topological polar surface area (TPSA) is 57.2 Å². The lowest BCUT2D eigenvalue weighted by Crippen LogP contribution is -2.25. The Morgan fingerprint density at radius 3 is 2.57 bits per heavy atom. The Hall–Kier alpha value is -2.23. The Kier molecular flexibility index (Phi) is 4.68. The summed E-state index contributed by atoms with van der Waals surface area (Å²) >= 11 is 0. The summed E-state index contributed by atoms with van der Waals surface area (Å²) in [7, 11) is 1.63. The van der Waals surface area contributed by atoms with E-state index in [1.165, 1.54) is 0 Å². The minimum atomic E-state index is -0.140. The van der Waals surface area contributed by atoms with Crippen LogP contribution >= 0.6 is 0 Å². The number of anilines is 1. The first kappa shape index (κ1) is 15.2. The molecule has 0 atom stereocenters. The fourth-order valence-corrected chi connectivity index (χ4v) is 2.30. The van der Waals surface area contributed by atoms with E-state index in [2.05, 4.69) is 13.8 Å². The number of benzene rings is 1. The summed E-state index contributed by atoms with van der Waals surface area (Å²) < 4.78 is 7.15. The lowest BCUT2D eigenvalue weighted by Gasteiger charge is -2.16. The van der Waals surface area contributed by atoms with Crippen LogP contribution in [0.1, 0.15) is 20.3 Å². The molecule has 1 aromatic carbocycles. The summed E-state index contributed by atoms with van der Waals surface area (Å²) in [6, 6.07) is 11.2. The highest BCUT2D eigenvalue weighted by atomic mass is 16.5. The zero-order chi connectivity index (χ0) is 15.4. The third-order valence-electron chi connectivity index (χ3n) is 3.52. The lowest BCUT2D eigenvalue weighted by atomic mass is 10.1. The van der Waals surface area contributed by atoms with Crippen molar-refractivity contribution >= 4 is 5.69 Å². The van der Waals surface area contributed by atoms with Crippen LogP contribution in [-0.2, 0) is 6.54 Å². The molecule has 0 unspecified atom stereocenters. The second-order valence-electron chi connectivity index (χ2n) is 5.51. The van der Waals surface area contributed by atoms with Crippen molar-refractivity contribution in [2.75, 3.05) is 12.8 Å². The van der Waals surface area contributed by atoms with Gasteiger partial charge in [-0.25, -0.2) is 0 Å². The van der Waals surface area contributed by atoms with Gasteiger partial charge >= 0.3 is 0 Å². The second kappa shape index (κ2) is 6.48. The molecule has 2 aromatic rings. The molecule has 0 saturated carbocycles. The van der Waals surface area contributed by atoms with Crippen LogP contribution in [0.3, 0.4) is 0 Å². The zero-order valence-electron chi connectivity index (χ0n) is 12.8. The molecule has 4 heteroatoms. The predicted molar refractivity (Wildman–Crippen MR) is 86.6 cm³/mol. The molecule has 0 fully saturated rings. The number of hydrogen-bond donors (Lipinski definition) is 1. The van der Waals surface area contributed by atoms with E-state index in [1.807, 2.05) is 30.3 Å². The van der Waals surface area contributed by atoms with Gasteiger partial charge in [-0.15, -0.1) is 0 Å². The van der Waals surface area contributed by atoms with Gasteiger partial charge in [-0.3, -0.25) is 4.79 Å². The van der Waals surface area contributed by atoms with Crippen molar-refractivity contribution in [1.82, 2.24) is 4.57 Å². The molecule has 21 heavy (non-hydrogen) atoms. The van der Waals surface area contributed by atoms with E-state index in [-0.39, 0.29) is 11.2 Å². The van der Waals surface area contributed by atoms with Crippen LogP contribution in [0.4, 0.5) is 5.69 Å². The summed E-state index contributed by atoms with van der Waals surface area (Å²) in [5.41, 5.74) is 7.66. The van der Waals surface area contributed by atoms with E-state index in [1.54, 1.807) is 17.7 Å².